The average Bonchev–Trinajstić information content (AvgIpc) is 2.48. The number of benzene rings is 2. The number of hydrogen-bond acceptors (Lipinski definition) is 2. The molecule has 21 heavy (non-hydrogen) atoms. The SMILES string of the molecule is CCCc1ccc(S(=O)(=O)NCc2ccc(Cl)cc2)cc1. The predicted octanol–water partition coefficient (Wildman–Crippen LogP) is 3.77. The lowest BCUT2D eigenvalue weighted by molar-refractivity contribution is 0.581. The first-order valence-corrected chi connectivity index (χ1v) is 8.70. The van der Waals surface area contributed by atoms with E-state index in [4.69, 9.17) is 11.6 Å². The first-order valence-electron chi connectivity index (χ1n) is 6.84. The molecule has 0 saturated heterocycles. The topological polar surface area (TPSA) is 46.2 Å². The molecule has 112 valence electrons. The molecule has 0 spiro atoms. The Morgan fingerprint density at radius 2 is 1.52 bits per heavy atom. The van der Waals surface area contributed by atoms with Gasteiger partial charge < -0.3 is 0 Å². The van der Waals surface area contributed by atoms with Crippen molar-refractivity contribution in [1.82, 2.24) is 4.72 Å². The Kier molecular flexibility index (Phi) is 5.39. The second-order valence-electron chi connectivity index (χ2n) is 4.84. The number of nitrogens with one attached hydrogen (secondary N) is 1. The largest absolute Gasteiger partial charge is 0.240 e. The third kappa shape index (κ3) is 4.56. The summed E-state index contributed by atoms with van der Waals surface area (Å²) in [6.07, 6.45) is 2.00. The quantitative estimate of drug-likeness (QED) is 0.879. The maximum absolute atomic E-state index is 12.2. The Morgan fingerprint density at radius 1 is 0.952 bits per heavy atom. The smallest absolute Gasteiger partial charge is 0.207 e. The van der Waals surface area contributed by atoms with E-state index in [9.17, 15) is 8.42 Å². The first-order chi connectivity index (χ1) is 10.0. The molecule has 1 N–H and O–H groups in total. The minimum absolute atomic E-state index is 0.246. The highest BCUT2D eigenvalue weighted by molar-refractivity contribution is 7.89. The van der Waals surface area contributed by atoms with Gasteiger partial charge in [0, 0.05) is 11.6 Å². The van der Waals surface area contributed by atoms with E-state index < -0.39 is 10.0 Å². The maximum atomic E-state index is 12.2. The summed E-state index contributed by atoms with van der Waals surface area (Å²) in [5.74, 6) is 0. The van der Waals surface area contributed by atoms with Gasteiger partial charge in [-0.05, 0) is 41.8 Å². The highest BCUT2D eigenvalue weighted by atomic mass is 35.5. The molecule has 0 aliphatic carbocycles. The van der Waals surface area contributed by atoms with Gasteiger partial charge in [-0.15, -0.1) is 0 Å². The first kappa shape index (κ1) is 16.0. The number of halogens is 1. The summed E-state index contributed by atoms with van der Waals surface area (Å²) in [5.41, 5.74) is 2.01. The molecule has 5 heteroatoms. The molecule has 0 radical (unpaired) electrons. The van der Waals surface area contributed by atoms with Crippen LogP contribution < -0.4 is 4.72 Å². The lowest BCUT2D eigenvalue weighted by atomic mass is 10.1. The number of rotatable bonds is 6. The highest BCUT2D eigenvalue weighted by Crippen LogP contribution is 2.13. The lowest BCUT2D eigenvalue weighted by Crippen LogP contribution is -2.23. The minimum Gasteiger partial charge on any atom is -0.207 e. The van der Waals surface area contributed by atoms with Gasteiger partial charge in [-0.25, -0.2) is 13.1 Å². The third-order valence-electron chi connectivity index (χ3n) is 3.15. The van der Waals surface area contributed by atoms with Gasteiger partial charge in [0.15, 0.2) is 0 Å². The van der Waals surface area contributed by atoms with Gasteiger partial charge in [-0.3, -0.25) is 0 Å². The van der Waals surface area contributed by atoms with Crippen molar-refractivity contribution in [3.63, 3.8) is 0 Å². The zero-order valence-electron chi connectivity index (χ0n) is 11.8. The van der Waals surface area contributed by atoms with Crippen LogP contribution in [0.2, 0.25) is 5.02 Å². The Hall–Kier alpha value is -1.36. The van der Waals surface area contributed by atoms with E-state index in [-0.39, 0.29) is 11.4 Å². The zero-order chi connectivity index (χ0) is 15.3. The second-order valence-corrected chi connectivity index (χ2v) is 7.05. The molecule has 0 unspecified atom stereocenters. The van der Waals surface area contributed by atoms with Gasteiger partial charge in [-0.2, -0.15) is 0 Å². The Morgan fingerprint density at radius 3 is 2.10 bits per heavy atom. The van der Waals surface area contributed by atoms with Crippen molar-refractivity contribution in [1.29, 1.82) is 0 Å². The highest BCUT2D eigenvalue weighted by Gasteiger charge is 2.13. The van der Waals surface area contributed by atoms with Crippen molar-refractivity contribution >= 4 is 21.6 Å². The van der Waals surface area contributed by atoms with Crippen molar-refractivity contribution < 1.29 is 8.42 Å². The van der Waals surface area contributed by atoms with E-state index in [1.807, 2.05) is 12.1 Å². The molecule has 0 amide bonds. The van der Waals surface area contributed by atoms with E-state index in [0.29, 0.717) is 5.02 Å². The van der Waals surface area contributed by atoms with Crippen LogP contribution in [0.25, 0.3) is 0 Å². The van der Waals surface area contributed by atoms with E-state index in [2.05, 4.69) is 11.6 Å². The van der Waals surface area contributed by atoms with Crippen LogP contribution in [0.1, 0.15) is 24.5 Å². The van der Waals surface area contributed by atoms with Crippen LogP contribution in [0.3, 0.4) is 0 Å². The van der Waals surface area contributed by atoms with E-state index in [1.165, 1.54) is 0 Å². The molecule has 0 saturated carbocycles. The minimum atomic E-state index is -3.48. The summed E-state index contributed by atoms with van der Waals surface area (Å²) in [6.45, 7) is 2.34. The standard InChI is InChI=1S/C16H18ClNO2S/c1-2-3-13-6-10-16(11-7-13)21(19,20)18-12-14-4-8-15(17)9-5-14/h4-11,18H,2-3,12H2,1H3. The van der Waals surface area contributed by atoms with Crippen LogP contribution in [-0.4, -0.2) is 8.42 Å². The molecule has 3 nitrogen and oxygen atoms in total. The molecular weight excluding hydrogens is 306 g/mol. The van der Waals surface area contributed by atoms with Crippen molar-refractivity contribution in [3.05, 3.63) is 64.7 Å². The van der Waals surface area contributed by atoms with E-state index in [1.54, 1.807) is 36.4 Å². The summed E-state index contributed by atoms with van der Waals surface area (Å²) < 4.78 is 27.0. The molecule has 2 aromatic carbocycles. The fraction of sp³-hybridized carbons (Fsp3) is 0.250. The fourth-order valence-corrected chi connectivity index (χ4v) is 3.13. The molecule has 0 fully saturated rings. The third-order valence-corrected chi connectivity index (χ3v) is 4.82. The van der Waals surface area contributed by atoms with Gasteiger partial charge in [0.05, 0.1) is 4.90 Å². The van der Waals surface area contributed by atoms with E-state index >= 15 is 0 Å². The molecule has 0 aromatic heterocycles. The molecule has 0 aliphatic rings. The summed E-state index contributed by atoms with van der Waals surface area (Å²) in [4.78, 5) is 0.288. The van der Waals surface area contributed by atoms with Crippen LogP contribution >= 0.6 is 11.6 Å². The molecule has 2 rings (SSSR count). The van der Waals surface area contributed by atoms with Gasteiger partial charge in [-0.1, -0.05) is 49.2 Å². The van der Waals surface area contributed by atoms with Gasteiger partial charge >= 0.3 is 0 Å². The second kappa shape index (κ2) is 7.07. The van der Waals surface area contributed by atoms with Gasteiger partial charge in [0.25, 0.3) is 0 Å². The van der Waals surface area contributed by atoms with E-state index in [0.717, 1.165) is 24.0 Å². The van der Waals surface area contributed by atoms with Crippen molar-refractivity contribution in [2.45, 2.75) is 31.2 Å². The predicted molar refractivity (Wildman–Crippen MR) is 85.9 cm³/mol. The molecule has 2 aromatic rings. The summed E-state index contributed by atoms with van der Waals surface area (Å²) in [7, 11) is -3.48. The molecule has 0 heterocycles. The Labute approximate surface area is 131 Å². The monoisotopic (exact) mass is 323 g/mol. The van der Waals surface area contributed by atoms with Crippen LogP contribution in [0.5, 0.6) is 0 Å². The van der Waals surface area contributed by atoms with Gasteiger partial charge in [0.2, 0.25) is 10.0 Å². The molecule has 0 aliphatic heterocycles. The molecule has 0 atom stereocenters. The zero-order valence-corrected chi connectivity index (χ0v) is 13.4. The fourth-order valence-electron chi connectivity index (χ4n) is 1.99. The van der Waals surface area contributed by atoms with Crippen LogP contribution in [-0.2, 0) is 23.0 Å². The summed E-state index contributed by atoms with van der Waals surface area (Å²) in [6, 6.07) is 14.1. The van der Waals surface area contributed by atoms with Crippen LogP contribution in [0, 0.1) is 0 Å². The summed E-state index contributed by atoms with van der Waals surface area (Å²) in [5, 5.41) is 0.633. The lowest BCUT2D eigenvalue weighted by Gasteiger charge is -2.08. The summed E-state index contributed by atoms with van der Waals surface area (Å²) >= 11 is 5.80. The van der Waals surface area contributed by atoms with Crippen molar-refractivity contribution in [3.8, 4) is 0 Å². The normalized spacial score (nSPS) is 11.5. The van der Waals surface area contributed by atoms with Crippen LogP contribution in [0.4, 0.5) is 0 Å². The van der Waals surface area contributed by atoms with Crippen molar-refractivity contribution in [2.75, 3.05) is 0 Å². The average molecular weight is 324 g/mol. The number of hydrogen-bond donors (Lipinski definition) is 1. The maximum Gasteiger partial charge on any atom is 0.240 e. The van der Waals surface area contributed by atoms with Crippen molar-refractivity contribution in [2.24, 2.45) is 0 Å². The molecule has 0 bridgehead atoms. The Bertz CT molecular complexity index is 679. The number of sulfonamides is 1. The molecular formula is C16H18ClNO2S. The van der Waals surface area contributed by atoms with Crippen LogP contribution in [0.15, 0.2) is 53.4 Å². The van der Waals surface area contributed by atoms with Gasteiger partial charge in [0.1, 0.15) is 0 Å². The Balaban J connectivity index is 2.05. The number of aryl methyl sites for hydroxylation is 1.